The van der Waals surface area contributed by atoms with E-state index in [1.54, 1.807) is 13.4 Å². The number of ether oxygens (including phenoxy) is 1. The molecule has 2 heterocycles. The molecule has 0 fully saturated rings. The number of hydrogen-bond acceptors (Lipinski definition) is 6. The predicted octanol–water partition coefficient (Wildman–Crippen LogP) is 2.54. The van der Waals surface area contributed by atoms with Crippen LogP contribution in [-0.4, -0.2) is 30.7 Å². The monoisotopic (exact) mass is 276 g/mol. The number of hydrogen-bond donors (Lipinski definition) is 1. The molecule has 2 aromatic heterocycles. The van der Waals surface area contributed by atoms with Crippen molar-refractivity contribution >= 4 is 11.6 Å². The minimum absolute atomic E-state index is 0.619. The molecule has 0 aliphatic carbocycles. The van der Waals surface area contributed by atoms with Crippen LogP contribution in [0.15, 0.2) is 29.1 Å². The highest BCUT2D eigenvalue weighted by molar-refractivity contribution is 5.64. The van der Waals surface area contributed by atoms with E-state index in [-0.39, 0.29) is 0 Å². The molecule has 20 heavy (non-hydrogen) atoms. The van der Waals surface area contributed by atoms with E-state index in [9.17, 15) is 0 Å². The molecule has 2 aromatic rings. The summed E-state index contributed by atoms with van der Waals surface area (Å²) in [6.07, 6.45) is 4.22. The molecule has 6 nitrogen and oxygen atoms in total. The van der Waals surface area contributed by atoms with E-state index in [0.29, 0.717) is 18.1 Å². The third kappa shape index (κ3) is 3.20. The highest BCUT2D eigenvalue weighted by Crippen LogP contribution is 2.31. The van der Waals surface area contributed by atoms with Crippen molar-refractivity contribution in [2.75, 3.05) is 30.9 Å². The summed E-state index contributed by atoms with van der Waals surface area (Å²) in [4.78, 5) is 10.5. The van der Waals surface area contributed by atoms with Gasteiger partial charge in [-0.1, -0.05) is 6.92 Å². The summed E-state index contributed by atoms with van der Waals surface area (Å²) in [5, 5.41) is 3.24. The largest absolute Gasteiger partial charge is 0.490 e. The first-order valence-corrected chi connectivity index (χ1v) is 6.62. The summed E-state index contributed by atoms with van der Waals surface area (Å²) in [6, 6.07) is 3.80. The lowest BCUT2D eigenvalue weighted by Gasteiger charge is -2.20. The van der Waals surface area contributed by atoms with E-state index in [1.165, 1.54) is 6.33 Å². The van der Waals surface area contributed by atoms with E-state index in [4.69, 9.17) is 9.15 Å². The van der Waals surface area contributed by atoms with E-state index in [1.807, 2.05) is 24.1 Å². The third-order valence-electron chi connectivity index (χ3n) is 2.87. The quantitative estimate of drug-likeness (QED) is 0.838. The molecular formula is C14H20N4O2. The Kier molecular flexibility index (Phi) is 4.81. The van der Waals surface area contributed by atoms with Gasteiger partial charge in [0.2, 0.25) is 5.75 Å². The zero-order valence-electron chi connectivity index (χ0n) is 12.1. The summed E-state index contributed by atoms with van der Waals surface area (Å²) in [7, 11) is 3.57. The average molecular weight is 276 g/mol. The van der Waals surface area contributed by atoms with Gasteiger partial charge in [0.15, 0.2) is 11.6 Å². The molecular weight excluding hydrogens is 256 g/mol. The lowest BCUT2D eigenvalue weighted by molar-refractivity contribution is 0.411. The molecule has 108 valence electrons. The number of methoxy groups -OCH3 is 1. The maximum Gasteiger partial charge on any atom is 0.204 e. The van der Waals surface area contributed by atoms with Crippen LogP contribution in [0.3, 0.4) is 0 Å². The van der Waals surface area contributed by atoms with Gasteiger partial charge in [0, 0.05) is 13.6 Å². The van der Waals surface area contributed by atoms with Gasteiger partial charge in [-0.3, -0.25) is 0 Å². The summed E-state index contributed by atoms with van der Waals surface area (Å²) in [5.74, 6) is 2.97. The Labute approximate surface area is 118 Å². The number of nitrogens with one attached hydrogen (secondary N) is 1. The van der Waals surface area contributed by atoms with Crippen molar-refractivity contribution in [1.82, 2.24) is 9.97 Å². The van der Waals surface area contributed by atoms with Crippen molar-refractivity contribution in [3.05, 3.63) is 30.5 Å². The van der Waals surface area contributed by atoms with Crippen molar-refractivity contribution in [3.63, 3.8) is 0 Å². The second-order valence-corrected chi connectivity index (χ2v) is 4.44. The van der Waals surface area contributed by atoms with Gasteiger partial charge in [0.25, 0.3) is 0 Å². The first kappa shape index (κ1) is 14.2. The van der Waals surface area contributed by atoms with E-state index >= 15 is 0 Å². The van der Waals surface area contributed by atoms with Gasteiger partial charge in [-0.25, -0.2) is 9.97 Å². The van der Waals surface area contributed by atoms with E-state index < -0.39 is 0 Å². The maximum absolute atomic E-state index is 5.45. The fourth-order valence-corrected chi connectivity index (χ4v) is 1.90. The second kappa shape index (κ2) is 6.79. The third-order valence-corrected chi connectivity index (χ3v) is 2.87. The van der Waals surface area contributed by atoms with Gasteiger partial charge in [-0.2, -0.15) is 0 Å². The SMILES string of the molecule is CCCNc1ncnc(N(C)Cc2ccco2)c1OC. The van der Waals surface area contributed by atoms with Gasteiger partial charge in [0.05, 0.1) is 19.9 Å². The van der Waals surface area contributed by atoms with Gasteiger partial charge in [0.1, 0.15) is 12.1 Å². The van der Waals surface area contributed by atoms with Gasteiger partial charge >= 0.3 is 0 Å². The second-order valence-electron chi connectivity index (χ2n) is 4.44. The number of anilines is 2. The number of nitrogens with zero attached hydrogens (tertiary/aromatic N) is 3. The fourth-order valence-electron chi connectivity index (χ4n) is 1.90. The van der Waals surface area contributed by atoms with E-state index in [0.717, 1.165) is 24.5 Å². The van der Waals surface area contributed by atoms with Crippen molar-refractivity contribution < 1.29 is 9.15 Å². The van der Waals surface area contributed by atoms with E-state index in [2.05, 4.69) is 22.2 Å². The molecule has 0 saturated carbocycles. The maximum atomic E-state index is 5.45. The van der Waals surface area contributed by atoms with Crippen LogP contribution >= 0.6 is 0 Å². The number of aromatic nitrogens is 2. The Balaban J connectivity index is 2.21. The number of furan rings is 1. The van der Waals surface area contributed by atoms with Crippen LogP contribution in [0.25, 0.3) is 0 Å². The molecule has 1 N–H and O–H groups in total. The lowest BCUT2D eigenvalue weighted by atomic mass is 10.3. The molecule has 0 aromatic carbocycles. The Morgan fingerprint density at radius 1 is 1.40 bits per heavy atom. The summed E-state index contributed by atoms with van der Waals surface area (Å²) >= 11 is 0. The first-order chi connectivity index (χ1) is 9.76. The molecule has 0 unspecified atom stereocenters. The van der Waals surface area contributed by atoms with Crippen LogP contribution in [-0.2, 0) is 6.54 Å². The van der Waals surface area contributed by atoms with Crippen LogP contribution in [0.5, 0.6) is 5.75 Å². The minimum Gasteiger partial charge on any atom is -0.490 e. The van der Waals surface area contributed by atoms with Crippen LogP contribution < -0.4 is 15.0 Å². The smallest absolute Gasteiger partial charge is 0.204 e. The molecule has 0 atom stereocenters. The Bertz CT molecular complexity index is 528. The van der Waals surface area contributed by atoms with Crippen LogP contribution in [0.2, 0.25) is 0 Å². The lowest BCUT2D eigenvalue weighted by Crippen LogP contribution is -2.19. The molecule has 0 bridgehead atoms. The topological polar surface area (TPSA) is 63.4 Å². The van der Waals surface area contributed by atoms with Crippen LogP contribution in [0, 0.1) is 0 Å². The molecule has 0 saturated heterocycles. The molecule has 0 aliphatic rings. The molecule has 0 amide bonds. The highest BCUT2D eigenvalue weighted by Gasteiger charge is 2.16. The standard InChI is InChI=1S/C14H20N4O2/c1-4-7-15-13-12(19-3)14(17-10-16-13)18(2)9-11-6-5-8-20-11/h5-6,8,10H,4,7,9H2,1-3H3,(H,15,16,17). The Morgan fingerprint density at radius 3 is 2.90 bits per heavy atom. The van der Waals surface area contributed by atoms with Crippen molar-refractivity contribution in [3.8, 4) is 5.75 Å². The molecule has 2 rings (SSSR count). The number of rotatable bonds is 7. The molecule has 0 radical (unpaired) electrons. The average Bonchev–Trinajstić information content (AvgIpc) is 2.97. The normalized spacial score (nSPS) is 10.3. The van der Waals surface area contributed by atoms with Crippen molar-refractivity contribution in [2.24, 2.45) is 0 Å². The first-order valence-electron chi connectivity index (χ1n) is 6.62. The van der Waals surface area contributed by atoms with Gasteiger partial charge in [-0.05, 0) is 18.6 Å². The minimum atomic E-state index is 0.619. The van der Waals surface area contributed by atoms with Crippen LogP contribution in [0.4, 0.5) is 11.6 Å². The zero-order chi connectivity index (χ0) is 14.4. The molecule has 0 spiro atoms. The summed E-state index contributed by atoms with van der Waals surface area (Å²) in [6.45, 7) is 3.56. The Morgan fingerprint density at radius 2 is 2.25 bits per heavy atom. The predicted molar refractivity (Wildman–Crippen MR) is 78.2 cm³/mol. The highest BCUT2D eigenvalue weighted by atomic mass is 16.5. The van der Waals surface area contributed by atoms with Gasteiger partial charge < -0.3 is 19.4 Å². The Hall–Kier alpha value is -2.24. The fraction of sp³-hybridized carbons (Fsp3) is 0.429. The van der Waals surface area contributed by atoms with Gasteiger partial charge in [-0.15, -0.1) is 0 Å². The van der Waals surface area contributed by atoms with Crippen molar-refractivity contribution in [1.29, 1.82) is 0 Å². The zero-order valence-corrected chi connectivity index (χ0v) is 12.1. The van der Waals surface area contributed by atoms with Crippen molar-refractivity contribution in [2.45, 2.75) is 19.9 Å². The molecule has 6 heteroatoms. The van der Waals surface area contributed by atoms with Crippen LogP contribution in [0.1, 0.15) is 19.1 Å². The summed E-state index contributed by atoms with van der Waals surface area (Å²) < 4.78 is 10.8. The molecule has 0 aliphatic heterocycles. The summed E-state index contributed by atoms with van der Waals surface area (Å²) in [5.41, 5.74) is 0.